The average molecular weight is 310 g/mol. The lowest BCUT2D eigenvalue weighted by atomic mass is 10.1. The van der Waals surface area contributed by atoms with Gasteiger partial charge in [-0.1, -0.05) is 29.8 Å². The summed E-state index contributed by atoms with van der Waals surface area (Å²) >= 11 is 0. The molecule has 7 heteroatoms. The lowest BCUT2D eigenvalue weighted by Gasteiger charge is -2.20. The zero-order chi connectivity index (χ0) is 17.1. The normalized spacial score (nSPS) is 11.9. The predicted octanol–water partition coefficient (Wildman–Crippen LogP) is 1.20. The first kappa shape index (κ1) is 19.8. The quantitative estimate of drug-likeness (QED) is 0.411. The van der Waals surface area contributed by atoms with Crippen LogP contribution in [-0.2, 0) is 14.3 Å². The number of carboxylic acid groups (broad SMARTS) is 2. The van der Waals surface area contributed by atoms with E-state index in [0.29, 0.717) is 18.7 Å². The van der Waals surface area contributed by atoms with Crippen LogP contribution in [-0.4, -0.2) is 47.9 Å². The zero-order valence-corrected chi connectivity index (χ0v) is 12.9. The van der Waals surface area contributed by atoms with Gasteiger partial charge in [0.1, 0.15) is 0 Å². The van der Waals surface area contributed by atoms with Crippen LogP contribution in [0.2, 0.25) is 0 Å². The molecule has 1 aromatic carbocycles. The number of aliphatic carboxylic acids is 2. The molecule has 4 N–H and O–H groups in total. The Kier molecular flexibility index (Phi) is 9.44. The highest BCUT2D eigenvalue weighted by Gasteiger charge is 2.11. The van der Waals surface area contributed by atoms with Crippen LogP contribution in [0.4, 0.5) is 0 Å². The summed E-state index contributed by atoms with van der Waals surface area (Å²) in [5.41, 5.74) is 2.41. The summed E-state index contributed by atoms with van der Waals surface area (Å²) in [6.07, 6.45) is 1.16. The number of carbonyl (C=O) groups is 2. The summed E-state index contributed by atoms with van der Waals surface area (Å²) in [4.78, 5) is 19.1. The Bertz CT molecular complexity index is 498. The average Bonchev–Trinajstić information content (AvgIpc) is 2.43. The number of methoxy groups -OCH3 is 1. The number of carboxylic acids is 2. The Balaban J connectivity index is 0.000000472. The molecule has 7 nitrogen and oxygen atoms in total. The van der Waals surface area contributed by atoms with E-state index in [1.807, 2.05) is 13.1 Å². The van der Waals surface area contributed by atoms with Crippen LogP contribution in [0.1, 0.15) is 17.2 Å². The second kappa shape index (κ2) is 10.5. The largest absolute Gasteiger partial charge is 0.478 e. The third-order valence-electron chi connectivity index (χ3n) is 2.52. The van der Waals surface area contributed by atoms with E-state index in [9.17, 15) is 9.59 Å². The van der Waals surface area contributed by atoms with Crippen LogP contribution in [0.3, 0.4) is 0 Å². The summed E-state index contributed by atoms with van der Waals surface area (Å²) in [6, 6.07) is 8.29. The third kappa shape index (κ3) is 9.65. The number of hydrogen-bond donors (Lipinski definition) is 3. The molecule has 0 fully saturated rings. The molecule has 1 atom stereocenters. The molecule has 22 heavy (non-hydrogen) atoms. The van der Waals surface area contributed by atoms with Gasteiger partial charge < -0.3 is 14.9 Å². The molecule has 0 heterocycles. The number of nitrogens with two attached hydrogens (primary N) is 1. The van der Waals surface area contributed by atoms with Crippen molar-refractivity contribution < 1.29 is 24.5 Å². The standard InChI is InChI=1S/C11H18N2O.C4H4O4/c1-9-5-4-6-10(7-9)11(14-3)8-13(2)12;5-3(6)1-2-4(7)8/h4-7,11H,8,12H2,1-3H3;1-2H,(H,5,6)(H,7,8)/b;2-1+. The lowest BCUT2D eigenvalue weighted by Crippen LogP contribution is -2.31. The van der Waals surface area contributed by atoms with Crippen molar-refractivity contribution in [1.82, 2.24) is 5.01 Å². The molecule has 0 saturated carbocycles. The first-order chi connectivity index (χ1) is 10.3. The van der Waals surface area contributed by atoms with Crippen LogP contribution in [0.5, 0.6) is 0 Å². The van der Waals surface area contributed by atoms with Crippen LogP contribution >= 0.6 is 0 Å². The minimum Gasteiger partial charge on any atom is -0.478 e. The highest BCUT2D eigenvalue weighted by Crippen LogP contribution is 2.17. The molecule has 0 aliphatic rings. The Morgan fingerprint density at radius 1 is 1.32 bits per heavy atom. The minimum atomic E-state index is -1.26. The van der Waals surface area contributed by atoms with Crippen LogP contribution in [0.15, 0.2) is 36.4 Å². The molecule has 1 unspecified atom stereocenters. The van der Waals surface area contributed by atoms with E-state index in [2.05, 4.69) is 25.1 Å². The first-order valence-corrected chi connectivity index (χ1v) is 6.45. The molecular formula is C15H22N2O5. The number of ether oxygens (including phenoxy) is 1. The van der Waals surface area contributed by atoms with Crippen LogP contribution < -0.4 is 5.84 Å². The van der Waals surface area contributed by atoms with Gasteiger partial charge in [-0.05, 0) is 12.5 Å². The number of benzene rings is 1. The van der Waals surface area contributed by atoms with Crippen LogP contribution in [0.25, 0.3) is 0 Å². The topological polar surface area (TPSA) is 113 Å². The number of aryl methyl sites for hydroxylation is 1. The summed E-state index contributed by atoms with van der Waals surface area (Å²) in [6.45, 7) is 2.77. The Morgan fingerprint density at radius 2 is 1.86 bits per heavy atom. The highest BCUT2D eigenvalue weighted by molar-refractivity contribution is 5.89. The molecule has 1 rings (SSSR count). The summed E-state index contributed by atoms with van der Waals surface area (Å²) in [7, 11) is 3.54. The molecule has 0 spiro atoms. The molecule has 0 radical (unpaired) electrons. The minimum absolute atomic E-state index is 0.0462. The molecule has 0 aliphatic carbocycles. The van der Waals surface area contributed by atoms with Gasteiger partial charge >= 0.3 is 11.9 Å². The maximum atomic E-state index is 9.55. The van der Waals surface area contributed by atoms with Gasteiger partial charge in [0.15, 0.2) is 0 Å². The number of nitrogens with zero attached hydrogens (tertiary/aromatic N) is 1. The van der Waals surface area contributed by atoms with Gasteiger partial charge in [-0.25, -0.2) is 14.6 Å². The van der Waals surface area contributed by atoms with E-state index < -0.39 is 11.9 Å². The molecular weight excluding hydrogens is 288 g/mol. The number of likely N-dealkylation sites (N-methyl/N-ethyl adjacent to an activating group) is 1. The smallest absolute Gasteiger partial charge is 0.328 e. The Hall–Kier alpha value is -2.22. The van der Waals surface area contributed by atoms with E-state index >= 15 is 0 Å². The van der Waals surface area contributed by atoms with Crippen molar-refractivity contribution in [3.05, 3.63) is 47.5 Å². The van der Waals surface area contributed by atoms with E-state index in [0.717, 1.165) is 0 Å². The van der Waals surface area contributed by atoms with Crippen molar-refractivity contribution in [2.45, 2.75) is 13.0 Å². The molecule has 0 saturated heterocycles. The maximum Gasteiger partial charge on any atom is 0.328 e. The second-order valence-corrected chi connectivity index (χ2v) is 4.59. The van der Waals surface area contributed by atoms with Crippen molar-refractivity contribution in [3.8, 4) is 0 Å². The maximum absolute atomic E-state index is 9.55. The fourth-order valence-corrected chi connectivity index (χ4v) is 1.59. The number of hydrazine groups is 1. The molecule has 0 aromatic heterocycles. The molecule has 122 valence electrons. The van der Waals surface area contributed by atoms with E-state index in [1.165, 1.54) is 11.1 Å². The second-order valence-electron chi connectivity index (χ2n) is 4.59. The SMILES string of the molecule is COC(CN(C)N)c1cccc(C)c1.O=C(O)/C=C/C(=O)O. The van der Waals surface area contributed by atoms with Crippen molar-refractivity contribution in [2.24, 2.45) is 5.84 Å². The van der Waals surface area contributed by atoms with E-state index in [1.54, 1.807) is 12.1 Å². The molecule has 1 aromatic rings. The van der Waals surface area contributed by atoms with E-state index in [-0.39, 0.29) is 6.10 Å². The lowest BCUT2D eigenvalue weighted by molar-refractivity contribution is -0.134. The summed E-state index contributed by atoms with van der Waals surface area (Å²) in [5.74, 6) is 3.08. The monoisotopic (exact) mass is 310 g/mol. The van der Waals surface area contributed by atoms with Gasteiger partial charge in [0, 0.05) is 32.9 Å². The van der Waals surface area contributed by atoms with Gasteiger partial charge in [0.05, 0.1) is 6.10 Å². The fourth-order valence-electron chi connectivity index (χ4n) is 1.59. The number of hydrogen-bond acceptors (Lipinski definition) is 5. The van der Waals surface area contributed by atoms with E-state index in [4.69, 9.17) is 20.8 Å². The highest BCUT2D eigenvalue weighted by atomic mass is 16.5. The molecule has 0 bridgehead atoms. The van der Waals surface area contributed by atoms with Crippen molar-refractivity contribution in [2.75, 3.05) is 20.7 Å². The Labute approximate surface area is 129 Å². The summed E-state index contributed by atoms with van der Waals surface area (Å²) < 4.78 is 5.38. The molecule has 0 amide bonds. The fraction of sp³-hybridized carbons (Fsp3) is 0.333. The van der Waals surface area contributed by atoms with Gasteiger partial charge in [0.25, 0.3) is 0 Å². The van der Waals surface area contributed by atoms with Crippen molar-refractivity contribution in [3.63, 3.8) is 0 Å². The molecule has 0 aliphatic heterocycles. The van der Waals surface area contributed by atoms with Crippen LogP contribution in [0, 0.1) is 6.92 Å². The summed E-state index contributed by atoms with van der Waals surface area (Å²) in [5, 5.41) is 17.3. The van der Waals surface area contributed by atoms with Crippen molar-refractivity contribution in [1.29, 1.82) is 0 Å². The van der Waals surface area contributed by atoms with Gasteiger partial charge in [-0.2, -0.15) is 0 Å². The van der Waals surface area contributed by atoms with Gasteiger partial charge in [-0.3, -0.25) is 5.84 Å². The zero-order valence-electron chi connectivity index (χ0n) is 12.9. The third-order valence-corrected chi connectivity index (χ3v) is 2.52. The van der Waals surface area contributed by atoms with Crippen molar-refractivity contribution >= 4 is 11.9 Å². The Morgan fingerprint density at radius 3 is 2.23 bits per heavy atom. The van der Waals surface area contributed by atoms with Gasteiger partial charge in [0.2, 0.25) is 0 Å². The van der Waals surface area contributed by atoms with Gasteiger partial charge in [-0.15, -0.1) is 0 Å². The number of rotatable bonds is 6. The predicted molar refractivity (Wildman–Crippen MR) is 82.2 cm³/mol. The first-order valence-electron chi connectivity index (χ1n) is 6.45.